The lowest BCUT2D eigenvalue weighted by molar-refractivity contribution is 0.00642. The maximum Gasteiger partial charge on any atom is 0.143 e. The molecule has 2 atom stereocenters. The molecule has 0 amide bonds. The molecule has 2 unspecified atom stereocenters. The summed E-state index contributed by atoms with van der Waals surface area (Å²) in [4.78, 5) is 0. The van der Waals surface area contributed by atoms with Gasteiger partial charge in [0.25, 0.3) is 0 Å². The van der Waals surface area contributed by atoms with Gasteiger partial charge in [0, 0.05) is 17.1 Å². The molecule has 0 bridgehead atoms. The lowest BCUT2D eigenvalue weighted by Crippen LogP contribution is -2.35. The first kappa shape index (κ1) is 16.9. The Kier molecular flexibility index (Phi) is 6.62. The average Bonchev–Trinajstić information content (AvgIpc) is 2.44. The number of halogens is 2. The fourth-order valence-electron chi connectivity index (χ4n) is 2.64. The average molecular weight is 332 g/mol. The number of ether oxygens (including phenoxy) is 1. The topological polar surface area (TPSA) is 41.5 Å². The molecule has 118 valence electrons. The van der Waals surface area contributed by atoms with Gasteiger partial charge < -0.3 is 15.2 Å². The van der Waals surface area contributed by atoms with E-state index in [1.54, 1.807) is 6.07 Å². The first-order valence-electron chi connectivity index (χ1n) is 7.65. The van der Waals surface area contributed by atoms with E-state index in [1.165, 1.54) is 0 Å². The van der Waals surface area contributed by atoms with Crippen molar-refractivity contribution in [2.75, 3.05) is 6.54 Å². The van der Waals surface area contributed by atoms with Crippen LogP contribution in [-0.2, 0) is 6.54 Å². The van der Waals surface area contributed by atoms with Gasteiger partial charge in [-0.3, -0.25) is 0 Å². The highest BCUT2D eigenvalue weighted by Gasteiger charge is 2.26. The summed E-state index contributed by atoms with van der Waals surface area (Å²) in [5, 5.41) is 14.5. The molecule has 0 radical (unpaired) electrons. The quantitative estimate of drug-likeness (QED) is 0.768. The Balaban J connectivity index is 2.15. The van der Waals surface area contributed by atoms with Crippen LogP contribution in [0.3, 0.4) is 0 Å². The molecule has 0 heterocycles. The molecule has 0 saturated heterocycles. The third-order valence-electron chi connectivity index (χ3n) is 3.76. The highest BCUT2D eigenvalue weighted by molar-refractivity contribution is 6.35. The van der Waals surface area contributed by atoms with Gasteiger partial charge in [-0.15, -0.1) is 0 Å². The molecule has 1 aromatic carbocycles. The Morgan fingerprint density at radius 1 is 1.29 bits per heavy atom. The Hall–Kier alpha value is -0.480. The number of rotatable bonds is 6. The van der Waals surface area contributed by atoms with E-state index in [0.29, 0.717) is 22.3 Å². The highest BCUT2D eigenvalue weighted by Crippen LogP contribution is 2.35. The van der Waals surface area contributed by atoms with Gasteiger partial charge in [0.15, 0.2) is 0 Å². The SMILES string of the molecule is CCCNCc1cc(Cl)cc(Cl)c1OC1CCCCC1O. The Bertz CT molecular complexity index is 468. The van der Waals surface area contributed by atoms with E-state index in [0.717, 1.165) is 44.2 Å². The van der Waals surface area contributed by atoms with Crippen molar-refractivity contribution in [3.63, 3.8) is 0 Å². The van der Waals surface area contributed by atoms with Crippen LogP contribution in [0.2, 0.25) is 10.0 Å². The summed E-state index contributed by atoms with van der Waals surface area (Å²) in [5.74, 6) is 0.649. The van der Waals surface area contributed by atoms with Crippen molar-refractivity contribution in [3.05, 3.63) is 27.7 Å². The smallest absolute Gasteiger partial charge is 0.143 e. The molecule has 21 heavy (non-hydrogen) atoms. The fourth-order valence-corrected chi connectivity index (χ4v) is 3.22. The van der Waals surface area contributed by atoms with Crippen LogP contribution in [0.1, 0.15) is 44.6 Å². The van der Waals surface area contributed by atoms with Gasteiger partial charge in [-0.05, 0) is 44.4 Å². The molecule has 1 aliphatic rings. The largest absolute Gasteiger partial charge is 0.486 e. The van der Waals surface area contributed by atoms with Crippen molar-refractivity contribution >= 4 is 23.2 Å². The fraction of sp³-hybridized carbons (Fsp3) is 0.625. The predicted octanol–water partition coefficient (Wildman–Crippen LogP) is 4.18. The lowest BCUT2D eigenvalue weighted by atomic mass is 9.95. The van der Waals surface area contributed by atoms with Crippen LogP contribution in [0.15, 0.2) is 12.1 Å². The summed E-state index contributed by atoms with van der Waals surface area (Å²) < 4.78 is 6.03. The molecular formula is C16H23Cl2NO2. The standard InChI is InChI=1S/C16H23Cl2NO2/c1-2-7-19-10-11-8-12(17)9-13(18)16(11)21-15-6-4-3-5-14(15)20/h8-9,14-15,19-20H,2-7,10H2,1H3. The normalized spacial score (nSPS) is 22.3. The minimum absolute atomic E-state index is 0.178. The molecule has 0 spiro atoms. The van der Waals surface area contributed by atoms with Crippen molar-refractivity contribution in [2.24, 2.45) is 0 Å². The molecule has 0 aliphatic heterocycles. The Morgan fingerprint density at radius 2 is 2.05 bits per heavy atom. The van der Waals surface area contributed by atoms with Crippen molar-refractivity contribution in [2.45, 2.75) is 57.8 Å². The van der Waals surface area contributed by atoms with Crippen LogP contribution in [0.4, 0.5) is 0 Å². The number of hydrogen-bond acceptors (Lipinski definition) is 3. The molecule has 1 aromatic rings. The summed E-state index contributed by atoms with van der Waals surface area (Å²) in [5.41, 5.74) is 0.943. The van der Waals surface area contributed by atoms with Crippen LogP contribution >= 0.6 is 23.2 Å². The summed E-state index contributed by atoms with van der Waals surface area (Å²) in [6.07, 6.45) is 4.26. The van der Waals surface area contributed by atoms with E-state index >= 15 is 0 Å². The van der Waals surface area contributed by atoms with E-state index in [2.05, 4.69) is 12.2 Å². The lowest BCUT2D eigenvalue weighted by Gasteiger charge is -2.29. The van der Waals surface area contributed by atoms with E-state index in [9.17, 15) is 5.11 Å². The molecular weight excluding hydrogens is 309 g/mol. The zero-order valence-electron chi connectivity index (χ0n) is 12.4. The molecule has 2 N–H and O–H groups in total. The molecule has 1 saturated carbocycles. The van der Waals surface area contributed by atoms with Gasteiger partial charge in [0.1, 0.15) is 11.9 Å². The van der Waals surface area contributed by atoms with Crippen molar-refractivity contribution < 1.29 is 9.84 Å². The third kappa shape index (κ3) is 4.75. The van der Waals surface area contributed by atoms with E-state index < -0.39 is 6.10 Å². The summed E-state index contributed by atoms with van der Waals surface area (Å²) in [7, 11) is 0. The Labute approximate surface area is 136 Å². The van der Waals surface area contributed by atoms with Crippen molar-refractivity contribution in [3.8, 4) is 5.75 Å². The number of aliphatic hydroxyl groups is 1. The minimum atomic E-state index is -0.415. The van der Waals surface area contributed by atoms with Gasteiger partial charge in [0.05, 0.1) is 11.1 Å². The van der Waals surface area contributed by atoms with Gasteiger partial charge in [0.2, 0.25) is 0 Å². The van der Waals surface area contributed by atoms with E-state index in [1.807, 2.05) is 6.07 Å². The van der Waals surface area contributed by atoms with Gasteiger partial charge >= 0.3 is 0 Å². The van der Waals surface area contributed by atoms with Crippen LogP contribution in [-0.4, -0.2) is 23.9 Å². The molecule has 5 heteroatoms. The second kappa shape index (κ2) is 8.23. The third-order valence-corrected chi connectivity index (χ3v) is 4.26. The first-order chi connectivity index (χ1) is 10.1. The van der Waals surface area contributed by atoms with E-state index in [-0.39, 0.29) is 6.10 Å². The predicted molar refractivity (Wildman–Crippen MR) is 87.4 cm³/mol. The maximum atomic E-state index is 10.1. The Morgan fingerprint density at radius 3 is 2.76 bits per heavy atom. The summed E-state index contributed by atoms with van der Waals surface area (Å²) in [6, 6.07) is 3.57. The van der Waals surface area contributed by atoms with Crippen LogP contribution in [0.5, 0.6) is 5.75 Å². The van der Waals surface area contributed by atoms with Crippen molar-refractivity contribution in [1.29, 1.82) is 0 Å². The second-order valence-electron chi connectivity index (χ2n) is 5.56. The molecule has 3 nitrogen and oxygen atoms in total. The second-order valence-corrected chi connectivity index (χ2v) is 6.40. The molecule has 1 aliphatic carbocycles. The first-order valence-corrected chi connectivity index (χ1v) is 8.40. The number of hydrogen-bond donors (Lipinski definition) is 2. The van der Waals surface area contributed by atoms with Crippen LogP contribution in [0.25, 0.3) is 0 Å². The van der Waals surface area contributed by atoms with Crippen LogP contribution < -0.4 is 10.1 Å². The molecule has 2 rings (SSSR count). The van der Waals surface area contributed by atoms with E-state index in [4.69, 9.17) is 27.9 Å². The van der Waals surface area contributed by atoms with Gasteiger partial charge in [-0.25, -0.2) is 0 Å². The monoisotopic (exact) mass is 331 g/mol. The van der Waals surface area contributed by atoms with Gasteiger partial charge in [-0.1, -0.05) is 36.5 Å². The summed E-state index contributed by atoms with van der Waals surface area (Å²) >= 11 is 12.4. The number of nitrogens with one attached hydrogen (secondary N) is 1. The summed E-state index contributed by atoms with van der Waals surface area (Å²) in [6.45, 7) is 3.70. The van der Waals surface area contributed by atoms with Gasteiger partial charge in [-0.2, -0.15) is 0 Å². The zero-order valence-corrected chi connectivity index (χ0v) is 13.9. The number of aliphatic hydroxyl groups excluding tert-OH is 1. The minimum Gasteiger partial charge on any atom is -0.486 e. The number of benzene rings is 1. The highest BCUT2D eigenvalue weighted by atomic mass is 35.5. The zero-order chi connectivity index (χ0) is 15.2. The van der Waals surface area contributed by atoms with Crippen molar-refractivity contribution in [1.82, 2.24) is 5.32 Å². The maximum absolute atomic E-state index is 10.1. The van der Waals surface area contributed by atoms with Crippen LogP contribution in [0, 0.1) is 0 Å². The molecule has 1 fully saturated rings. The molecule has 0 aromatic heterocycles.